The summed E-state index contributed by atoms with van der Waals surface area (Å²) in [6.45, 7) is 16.4. The van der Waals surface area contributed by atoms with Gasteiger partial charge in [0.15, 0.2) is 0 Å². The van der Waals surface area contributed by atoms with Crippen molar-refractivity contribution >= 4 is 0 Å². The molecule has 0 aliphatic heterocycles. The predicted molar refractivity (Wildman–Crippen MR) is 71.3 cm³/mol. The highest BCUT2D eigenvalue weighted by Crippen LogP contribution is 2.47. The Morgan fingerprint density at radius 1 is 0.875 bits per heavy atom. The summed E-state index contributed by atoms with van der Waals surface area (Å²) in [7, 11) is 0. The molecule has 1 unspecified atom stereocenters. The number of rotatable bonds is 0. The maximum Gasteiger partial charge on any atom is -0.00692 e. The first-order chi connectivity index (χ1) is 7.28. The Morgan fingerprint density at radius 3 is 1.94 bits per heavy atom. The van der Waals surface area contributed by atoms with Crippen LogP contribution in [0.3, 0.4) is 0 Å². The highest BCUT2D eigenvalue weighted by atomic mass is 14.4. The van der Waals surface area contributed by atoms with Gasteiger partial charge in [-0.3, -0.25) is 0 Å². The second-order valence-electron chi connectivity index (χ2n) is 6.18. The van der Waals surface area contributed by atoms with Crippen LogP contribution in [-0.4, -0.2) is 0 Å². The summed E-state index contributed by atoms with van der Waals surface area (Å²) in [4.78, 5) is 0. The molecule has 0 fully saturated rings. The second-order valence-corrected chi connectivity index (χ2v) is 6.18. The van der Waals surface area contributed by atoms with Gasteiger partial charge in [-0.15, -0.1) is 0 Å². The molecule has 1 aliphatic rings. The van der Waals surface area contributed by atoms with Crippen LogP contribution >= 0.6 is 0 Å². The number of hydrogen-bond acceptors (Lipinski definition) is 0. The van der Waals surface area contributed by atoms with Crippen LogP contribution < -0.4 is 0 Å². The van der Waals surface area contributed by atoms with Gasteiger partial charge in [-0.05, 0) is 78.8 Å². The van der Waals surface area contributed by atoms with Crippen LogP contribution in [0.15, 0.2) is 0 Å². The zero-order valence-electron chi connectivity index (χ0n) is 11.8. The molecule has 0 radical (unpaired) electrons. The van der Waals surface area contributed by atoms with Crippen LogP contribution in [0.5, 0.6) is 0 Å². The molecular formula is C16H24. The maximum absolute atomic E-state index is 2.41. The number of benzene rings is 1. The van der Waals surface area contributed by atoms with Crippen LogP contribution in [0.2, 0.25) is 0 Å². The van der Waals surface area contributed by atoms with Crippen molar-refractivity contribution in [3.63, 3.8) is 0 Å². The fourth-order valence-electron chi connectivity index (χ4n) is 3.33. The summed E-state index contributed by atoms with van der Waals surface area (Å²) in [5.41, 5.74) is 9.70. The largest absolute Gasteiger partial charge is 0.0614 e. The van der Waals surface area contributed by atoms with Crippen LogP contribution in [0.4, 0.5) is 0 Å². The van der Waals surface area contributed by atoms with Crippen LogP contribution in [0, 0.1) is 33.6 Å². The third-order valence-corrected chi connectivity index (χ3v) is 5.20. The van der Waals surface area contributed by atoms with E-state index >= 15 is 0 Å². The Labute approximate surface area is 100 Å². The Kier molecular flexibility index (Phi) is 2.45. The topological polar surface area (TPSA) is 0 Å². The molecule has 0 aromatic heterocycles. The van der Waals surface area contributed by atoms with Crippen molar-refractivity contribution in [2.24, 2.45) is 5.92 Å². The highest BCUT2D eigenvalue weighted by Gasteiger charge is 2.39. The second kappa shape index (κ2) is 3.35. The summed E-state index contributed by atoms with van der Waals surface area (Å²) < 4.78 is 0. The summed E-state index contributed by atoms with van der Waals surface area (Å²) in [6.07, 6.45) is 1.26. The molecule has 1 atom stereocenters. The molecule has 0 amide bonds. The van der Waals surface area contributed by atoms with Crippen molar-refractivity contribution in [3.8, 4) is 0 Å². The predicted octanol–water partition coefficient (Wildman–Crippen LogP) is 4.39. The number of fused-ring (bicyclic) bond motifs is 1. The molecule has 0 bridgehead atoms. The molecular weight excluding hydrogens is 192 g/mol. The molecule has 0 spiro atoms. The molecule has 16 heavy (non-hydrogen) atoms. The zero-order valence-corrected chi connectivity index (χ0v) is 11.8. The average molecular weight is 216 g/mol. The molecule has 0 heteroatoms. The lowest BCUT2D eigenvalue weighted by Gasteiger charge is -2.28. The van der Waals surface area contributed by atoms with E-state index in [2.05, 4.69) is 48.5 Å². The summed E-state index contributed by atoms with van der Waals surface area (Å²) in [6, 6.07) is 0. The minimum atomic E-state index is 0.350. The van der Waals surface area contributed by atoms with Crippen molar-refractivity contribution in [1.29, 1.82) is 0 Å². The van der Waals surface area contributed by atoms with Gasteiger partial charge in [-0.1, -0.05) is 20.8 Å². The van der Waals surface area contributed by atoms with E-state index in [-0.39, 0.29) is 0 Å². The third-order valence-electron chi connectivity index (χ3n) is 5.20. The van der Waals surface area contributed by atoms with Gasteiger partial charge in [0, 0.05) is 0 Å². The highest BCUT2D eigenvalue weighted by molar-refractivity contribution is 5.55. The van der Waals surface area contributed by atoms with Crippen LogP contribution in [0.1, 0.15) is 54.2 Å². The molecule has 0 heterocycles. The minimum absolute atomic E-state index is 0.350. The fraction of sp³-hybridized carbons (Fsp3) is 0.625. The maximum atomic E-state index is 2.41. The molecule has 88 valence electrons. The molecule has 1 aliphatic carbocycles. The first kappa shape index (κ1) is 11.7. The smallest absolute Gasteiger partial charge is 0.00692 e. The van der Waals surface area contributed by atoms with E-state index in [4.69, 9.17) is 0 Å². The summed E-state index contributed by atoms with van der Waals surface area (Å²) >= 11 is 0. The summed E-state index contributed by atoms with van der Waals surface area (Å²) in [5, 5.41) is 0. The molecule has 1 aromatic carbocycles. The lowest BCUT2D eigenvalue weighted by molar-refractivity contribution is 0.378. The summed E-state index contributed by atoms with van der Waals surface area (Å²) in [5.74, 6) is 0.765. The van der Waals surface area contributed by atoms with Gasteiger partial charge in [0.2, 0.25) is 0 Å². The van der Waals surface area contributed by atoms with E-state index in [1.165, 1.54) is 28.7 Å². The molecule has 0 saturated heterocycles. The van der Waals surface area contributed by atoms with Gasteiger partial charge in [0.1, 0.15) is 0 Å². The molecule has 1 aromatic rings. The Hall–Kier alpha value is -0.780. The SMILES string of the molecule is Cc1c(C)c(C)c2c(c1C)CC(C)C2(C)C. The molecule has 0 saturated carbocycles. The molecule has 0 N–H and O–H groups in total. The Bertz CT molecular complexity index is 450. The van der Waals surface area contributed by atoms with Gasteiger partial charge in [0.05, 0.1) is 0 Å². The van der Waals surface area contributed by atoms with E-state index < -0.39 is 0 Å². The zero-order chi connectivity index (χ0) is 12.2. The van der Waals surface area contributed by atoms with Crippen molar-refractivity contribution in [3.05, 3.63) is 33.4 Å². The Morgan fingerprint density at radius 2 is 1.38 bits per heavy atom. The van der Waals surface area contributed by atoms with Crippen molar-refractivity contribution in [2.75, 3.05) is 0 Å². The van der Waals surface area contributed by atoms with E-state index in [0.717, 1.165) is 5.92 Å². The van der Waals surface area contributed by atoms with Gasteiger partial charge in [-0.25, -0.2) is 0 Å². The van der Waals surface area contributed by atoms with Crippen LogP contribution in [-0.2, 0) is 11.8 Å². The molecule has 0 nitrogen and oxygen atoms in total. The van der Waals surface area contributed by atoms with E-state index in [0.29, 0.717) is 5.41 Å². The van der Waals surface area contributed by atoms with Crippen molar-refractivity contribution in [1.82, 2.24) is 0 Å². The first-order valence-corrected chi connectivity index (χ1v) is 6.38. The Balaban J connectivity index is 2.82. The van der Waals surface area contributed by atoms with E-state index in [9.17, 15) is 0 Å². The normalized spacial score (nSPS) is 22.3. The van der Waals surface area contributed by atoms with Crippen molar-refractivity contribution in [2.45, 2.75) is 60.3 Å². The standard InChI is InChI=1S/C16H24/c1-9-8-14-12(4)10(2)11(3)13(5)15(14)16(9,6)7/h9H,8H2,1-7H3. The third kappa shape index (κ3) is 1.28. The van der Waals surface area contributed by atoms with Gasteiger partial charge < -0.3 is 0 Å². The van der Waals surface area contributed by atoms with E-state index in [1.807, 2.05) is 0 Å². The monoisotopic (exact) mass is 216 g/mol. The van der Waals surface area contributed by atoms with Gasteiger partial charge in [0.25, 0.3) is 0 Å². The lowest BCUT2D eigenvalue weighted by Crippen LogP contribution is -2.22. The lowest BCUT2D eigenvalue weighted by atomic mass is 9.76. The van der Waals surface area contributed by atoms with Crippen LogP contribution in [0.25, 0.3) is 0 Å². The van der Waals surface area contributed by atoms with Crippen molar-refractivity contribution < 1.29 is 0 Å². The van der Waals surface area contributed by atoms with E-state index in [1.54, 1.807) is 11.1 Å². The van der Waals surface area contributed by atoms with Gasteiger partial charge in [-0.2, -0.15) is 0 Å². The minimum Gasteiger partial charge on any atom is -0.0614 e. The fourth-order valence-corrected chi connectivity index (χ4v) is 3.33. The molecule has 2 rings (SSSR count). The quantitative estimate of drug-likeness (QED) is 0.603. The average Bonchev–Trinajstić information content (AvgIpc) is 2.45. The van der Waals surface area contributed by atoms with Gasteiger partial charge >= 0.3 is 0 Å². The number of hydrogen-bond donors (Lipinski definition) is 0. The first-order valence-electron chi connectivity index (χ1n) is 6.38.